The summed E-state index contributed by atoms with van der Waals surface area (Å²) in [4.78, 5) is 24.1. The predicted molar refractivity (Wildman–Crippen MR) is 134 cm³/mol. The summed E-state index contributed by atoms with van der Waals surface area (Å²) in [5.74, 6) is 1.51. The third-order valence-corrected chi connectivity index (χ3v) is 6.52. The molecule has 0 aliphatic carbocycles. The number of benzene rings is 2. The number of aryl methyl sites for hydroxylation is 1. The number of hydrogen-bond donors (Lipinski definition) is 2. The molecular weight excluding hydrogens is 432 g/mol. The van der Waals surface area contributed by atoms with Crippen molar-refractivity contribution >= 4 is 22.8 Å². The smallest absolute Gasteiger partial charge is 0.407 e. The van der Waals surface area contributed by atoms with Crippen LogP contribution >= 0.6 is 0 Å². The highest BCUT2D eigenvalue weighted by molar-refractivity contribution is 5.92. The van der Waals surface area contributed by atoms with E-state index in [4.69, 9.17) is 19.4 Å². The summed E-state index contributed by atoms with van der Waals surface area (Å²) in [6, 6.07) is 13.3. The Morgan fingerprint density at radius 3 is 2.79 bits per heavy atom. The third-order valence-electron chi connectivity index (χ3n) is 6.52. The number of amides is 1. The molecule has 2 N–H and O–H groups in total. The Kier molecular flexibility index (Phi) is 6.49. The van der Waals surface area contributed by atoms with Crippen LogP contribution in [0.25, 0.3) is 22.3 Å². The molecule has 1 amide bonds. The van der Waals surface area contributed by atoms with Crippen molar-refractivity contribution < 1.29 is 22.2 Å². The van der Waals surface area contributed by atoms with Gasteiger partial charge in [-0.3, -0.25) is 0 Å². The first-order valence-corrected chi connectivity index (χ1v) is 11.9. The van der Waals surface area contributed by atoms with Gasteiger partial charge >= 0.3 is 6.09 Å². The third kappa shape index (κ3) is 4.92. The summed E-state index contributed by atoms with van der Waals surface area (Å²) in [5, 5.41) is 14.3. The van der Waals surface area contributed by atoms with Crippen molar-refractivity contribution in [2.75, 3.05) is 31.2 Å². The number of hydrogen-bond acceptors (Lipinski definition) is 7. The summed E-state index contributed by atoms with van der Waals surface area (Å²) in [5.41, 5.74) is 2.57. The van der Waals surface area contributed by atoms with Gasteiger partial charge in [-0.2, -0.15) is 0 Å². The van der Waals surface area contributed by atoms with E-state index in [0.29, 0.717) is 18.0 Å². The van der Waals surface area contributed by atoms with Crippen LogP contribution in [-0.4, -0.2) is 59.6 Å². The zero-order chi connectivity index (χ0) is 23.5. The number of ether oxygens (including phenoxy) is 2. The molecule has 1 atom stereocenters. The summed E-state index contributed by atoms with van der Waals surface area (Å²) < 4.78 is 10.9. The zero-order valence-electron chi connectivity index (χ0n) is 19.4. The average Bonchev–Trinajstić information content (AvgIpc) is 3.36. The molecule has 0 radical (unpaired) electrons. The molecule has 1 aromatic heterocycles. The van der Waals surface area contributed by atoms with Gasteiger partial charge in [0.15, 0.2) is 5.82 Å². The van der Waals surface area contributed by atoms with Crippen LogP contribution in [0.15, 0.2) is 42.5 Å². The number of alkyl carbamates (subject to hydrolysis) is 1. The molecule has 2 aromatic carbocycles. The van der Waals surface area contributed by atoms with Crippen molar-refractivity contribution in [3.05, 3.63) is 48.0 Å². The maximum absolute atomic E-state index is 12.2. The van der Waals surface area contributed by atoms with Gasteiger partial charge in [0.1, 0.15) is 18.2 Å². The molecule has 2 aliphatic heterocycles. The van der Waals surface area contributed by atoms with Gasteiger partial charge in [-0.25, -0.2) is 14.8 Å². The molecule has 34 heavy (non-hydrogen) atoms. The zero-order valence-corrected chi connectivity index (χ0v) is 19.4. The molecule has 0 bridgehead atoms. The number of piperidine rings is 1. The number of para-hydroxylation sites is 1. The molecule has 5 rings (SSSR count). The minimum atomic E-state index is -0.376. The number of nitrogens with zero attached hydrogens (tertiary/aromatic N) is 3. The molecule has 2 aliphatic rings. The quantitative estimate of drug-likeness (QED) is 0.564. The van der Waals surface area contributed by atoms with Gasteiger partial charge in [0.05, 0.1) is 17.2 Å². The number of phenolic OH excluding ortho intramolecular Hbond substituents is 1. The van der Waals surface area contributed by atoms with Gasteiger partial charge in [0.2, 0.25) is 0 Å². The van der Waals surface area contributed by atoms with E-state index in [1.165, 1.54) is 0 Å². The first-order chi connectivity index (χ1) is 16.6. The van der Waals surface area contributed by atoms with Crippen molar-refractivity contribution in [1.29, 1.82) is 0 Å². The number of carbonyl (C=O) groups excluding carboxylic acids is 1. The number of phenols is 1. The summed E-state index contributed by atoms with van der Waals surface area (Å²) >= 11 is 0. The lowest BCUT2D eigenvalue weighted by Gasteiger charge is -2.33. The van der Waals surface area contributed by atoms with E-state index in [1.807, 2.05) is 25.1 Å². The van der Waals surface area contributed by atoms with Crippen molar-refractivity contribution in [3.8, 4) is 17.1 Å². The van der Waals surface area contributed by atoms with E-state index in [0.717, 1.165) is 67.7 Å². The Hall–Kier alpha value is -3.39. The normalized spacial score (nSPS) is 18.9. The maximum Gasteiger partial charge on any atom is 0.407 e. The number of nitrogens with one attached hydrogen (secondary N) is 1. The largest absolute Gasteiger partial charge is 0.507 e. The molecule has 2 fully saturated rings. The van der Waals surface area contributed by atoms with Crippen LogP contribution in [0.4, 0.5) is 10.6 Å². The lowest BCUT2D eigenvalue weighted by molar-refractivity contribution is 0.0426. The van der Waals surface area contributed by atoms with E-state index in [-0.39, 0.29) is 26.8 Å². The second kappa shape index (κ2) is 9.85. The fraction of sp³-hybridized carbons (Fsp3) is 0.423. The molecule has 0 spiro atoms. The van der Waals surface area contributed by atoms with Gasteiger partial charge in [0, 0.05) is 34.0 Å². The Morgan fingerprint density at radius 2 is 2.03 bits per heavy atom. The van der Waals surface area contributed by atoms with Crippen LogP contribution < -0.4 is 10.2 Å². The molecule has 0 saturated carbocycles. The topological polar surface area (TPSA) is 96.8 Å². The van der Waals surface area contributed by atoms with Crippen LogP contribution in [0.1, 0.15) is 34.1 Å². The minimum Gasteiger partial charge on any atom is -0.507 e. The predicted octanol–water partition coefficient (Wildman–Crippen LogP) is 4.68. The van der Waals surface area contributed by atoms with Crippen LogP contribution in [0.2, 0.25) is 0 Å². The second-order valence-electron chi connectivity index (χ2n) is 9.05. The average molecular weight is 467 g/mol. The van der Waals surface area contributed by atoms with E-state index in [9.17, 15) is 9.90 Å². The van der Waals surface area contributed by atoms with Gasteiger partial charge in [-0.05, 0) is 62.4 Å². The highest BCUT2D eigenvalue weighted by Crippen LogP contribution is 2.33. The molecule has 3 aromatic rings. The van der Waals surface area contributed by atoms with Gasteiger partial charge in [-0.15, -0.1) is 0 Å². The minimum absolute atomic E-state index is 0. The SMILES string of the molecule is Cc1ccc2c(N3CCC(NC(=O)OCC4CCCO4)CC3)nc(-c3ccccc3O)nc2c1.[HH].[HH]. The fourth-order valence-electron chi connectivity index (χ4n) is 4.64. The van der Waals surface area contributed by atoms with E-state index < -0.39 is 0 Å². The van der Waals surface area contributed by atoms with Crippen molar-refractivity contribution in [2.45, 2.75) is 44.8 Å². The first-order valence-electron chi connectivity index (χ1n) is 11.9. The molecule has 182 valence electrons. The summed E-state index contributed by atoms with van der Waals surface area (Å²) in [7, 11) is 0. The van der Waals surface area contributed by atoms with Crippen LogP contribution in [-0.2, 0) is 9.47 Å². The number of aromatic hydroxyl groups is 1. The number of fused-ring (bicyclic) bond motifs is 1. The van der Waals surface area contributed by atoms with Gasteiger partial charge in [-0.1, -0.05) is 18.2 Å². The van der Waals surface area contributed by atoms with Gasteiger partial charge in [0.25, 0.3) is 0 Å². The van der Waals surface area contributed by atoms with Gasteiger partial charge < -0.3 is 24.8 Å². The van der Waals surface area contributed by atoms with E-state index in [1.54, 1.807) is 12.1 Å². The van der Waals surface area contributed by atoms with Crippen LogP contribution in [0, 0.1) is 6.92 Å². The van der Waals surface area contributed by atoms with Crippen molar-refractivity contribution in [1.82, 2.24) is 15.3 Å². The van der Waals surface area contributed by atoms with E-state index in [2.05, 4.69) is 22.3 Å². The maximum atomic E-state index is 12.2. The highest BCUT2D eigenvalue weighted by atomic mass is 16.6. The van der Waals surface area contributed by atoms with Crippen LogP contribution in [0.3, 0.4) is 0 Å². The monoisotopic (exact) mass is 466 g/mol. The lowest BCUT2D eigenvalue weighted by atomic mass is 10.0. The number of carbonyl (C=O) groups is 1. The Bertz CT molecular complexity index is 1180. The van der Waals surface area contributed by atoms with Crippen molar-refractivity contribution in [3.63, 3.8) is 0 Å². The highest BCUT2D eigenvalue weighted by Gasteiger charge is 2.25. The first kappa shape index (κ1) is 22.4. The Morgan fingerprint density at radius 1 is 1.21 bits per heavy atom. The van der Waals surface area contributed by atoms with E-state index >= 15 is 0 Å². The second-order valence-corrected chi connectivity index (χ2v) is 9.05. The lowest BCUT2D eigenvalue weighted by Crippen LogP contribution is -2.45. The number of aromatic nitrogens is 2. The standard InChI is InChI=1S/C26H30N4O4.2H2/c1-17-8-9-20-22(15-17)28-24(21-6-2-3-7-23(21)31)29-25(20)30-12-10-18(11-13-30)27-26(32)34-16-19-5-4-14-33-19;;/h2-3,6-9,15,18-19,31H,4-5,10-14,16H2,1H3,(H,27,32);2*1H. The Labute approximate surface area is 201 Å². The summed E-state index contributed by atoms with van der Waals surface area (Å²) in [6.45, 7) is 4.59. The number of anilines is 1. The van der Waals surface area contributed by atoms with Crippen molar-refractivity contribution in [2.24, 2.45) is 0 Å². The molecular formula is C26H34N4O4. The van der Waals surface area contributed by atoms with Crippen LogP contribution in [0.5, 0.6) is 5.75 Å². The number of rotatable bonds is 5. The Balaban J connectivity index is 0.00000180. The molecule has 8 heteroatoms. The molecule has 2 saturated heterocycles. The molecule has 8 nitrogen and oxygen atoms in total. The fourth-order valence-corrected chi connectivity index (χ4v) is 4.64. The molecule has 1 unspecified atom stereocenters. The molecule has 3 heterocycles. The summed E-state index contributed by atoms with van der Waals surface area (Å²) in [6.07, 6.45) is 3.20.